The van der Waals surface area contributed by atoms with E-state index in [4.69, 9.17) is 0 Å². The minimum absolute atomic E-state index is 0.296. The van der Waals surface area contributed by atoms with Crippen LogP contribution in [0.5, 0.6) is 0 Å². The Labute approximate surface area is 164 Å². The zero-order valence-electron chi connectivity index (χ0n) is 16.4. The van der Waals surface area contributed by atoms with Crippen LogP contribution in [0.15, 0.2) is 41.4 Å². The van der Waals surface area contributed by atoms with Gasteiger partial charge < -0.3 is 10.6 Å². The smallest absolute Gasteiger partial charge is 0.354 e. The van der Waals surface area contributed by atoms with Crippen LogP contribution in [-0.2, 0) is 6.18 Å². The molecule has 28 heavy (non-hydrogen) atoms. The Bertz CT molecular complexity index is 751. The van der Waals surface area contributed by atoms with Gasteiger partial charge in [-0.25, -0.2) is 0 Å². The standard InChI is InChI=1S/C21H27F3N4/c1-16(2)15-28-12-9-19(10-13-28)27-20(25-3)26-11-5-7-17-6-4-8-18(14-17)21(22,23)24/h4,6,8,14,19H,1,9-13,15H2,2-3H3,(H2,25,26,27). The second-order valence-corrected chi connectivity index (χ2v) is 6.96. The lowest BCUT2D eigenvalue weighted by atomic mass is 10.0. The summed E-state index contributed by atoms with van der Waals surface area (Å²) in [6, 6.07) is 5.36. The van der Waals surface area contributed by atoms with E-state index in [0.717, 1.165) is 44.6 Å². The molecule has 0 unspecified atom stereocenters. The number of piperidine rings is 1. The van der Waals surface area contributed by atoms with Gasteiger partial charge in [-0.05, 0) is 38.0 Å². The number of hydrogen-bond acceptors (Lipinski definition) is 2. The molecular formula is C21H27F3N4. The summed E-state index contributed by atoms with van der Waals surface area (Å²) in [5.74, 6) is 6.25. The van der Waals surface area contributed by atoms with E-state index in [2.05, 4.69) is 38.9 Å². The van der Waals surface area contributed by atoms with Crippen LogP contribution in [0.25, 0.3) is 0 Å². The van der Waals surface area contributed by atoms with Gasteiger partial charge in [0.2, 0.25) is 0 Å². The first-order valence-corrected chi connectivity index (χ1v) is 9.28. The zero-order chi connectivity index (χ0) is 20.6. The maximum Gasteiger partial charge on any atom is 0.416 e. The highest BCUT2D eigenvalue weighted by molar-refractivity contribution is 5.80. The quantitative estimate of drug-likeness (QED) is 0.358. The molecule has 7 heteroatoms. The van der Waals surface area contributed by atoms with Crippen LogP contribution in [0, 0.1) is 11.8 Å². The van der Waals surface area contributed by atoms with Crippen LogP contribution >= 0.6 is 0 Å². The molecule has 1 aromatic rings. The number of guanidine groups is 1. The molecule has 1 aliphatic rings. The number of benzene rings is 1. The van der Waals surface area contributed by atoms with Crippen molar-refractivity contribution in [3.05, 3.63) is 47.5 Å². The third-order valence-electron chi connectivity index (χ3n) is 4.41. The monoisotopic (exact) mass is 392 g/mol. The summed E-state index contributed by atoms with van der Waals surface area (Å²) < 4.78 is 38.2. The summed E-state index contributed by atoms with van der Waals surface area (Å²) in [5, 5.41) is 6.47. The number of aliphatic imine (C=N–C) groups is 1. The minimum atomic E-state index is -4.36. The first-order valence-electron chi connectivity index (χ1n) is 9.28. The van der Waals surface area contributed by atoms with Gasteiger partial charge in [-0.2, -0.15) is 13.2 Å². The molecule has 0 saturated carbocycles. The van der Waals surface area contributed by atoms with Crippen molar-refractivity contribution in [2.24, 2.45) is 4.99 Å². The van der Waals surface area contributed by atoms with Gasteiger partial charge in [0.1, 0.15) is 0 Å². The van der Waals surface area contributed by atoms with E-state index >= 15 is 0 Å². The SMILES string of the molecule is C=C(C)CN1CCC(NC(=NC)NCC#Cc2cccc(C(F)(F)F)c2)CC1. The highest BCUT2D eigenvalue weighted by atomic mass is 19.4. The highest BCUT2D eigenvalue weighted by Crippen LogP contribution is 2.29. The van der Waals surface area contributed by atoms with Crippen molar-refractivity contribution < 1.29 is 13.2 Å². The normalized spacial score (nSPS) is 16.2. The Balaban J connectivity index is 1.80. The molecule has 0 aliphatic carbocycles. The van der Waals surface area contributed by atoms with Crippen LogP contribution in [-0.4, -0.2) is 50.1 Å². The fourth-order valence-electron chi connectivity index (χ4n) is 3.05. The maximum absolute atomic E-state index is 12.7. The molecule has 1 saturated heterocycles. The van der Waals surface area contributed by atoms with Crippen LogP contribution in [0.4, 0.5) is 13.2 Å². The predicted octanol–water partition coefficient (Wildman–Crippen LogP) is 3.26. The molecule has 1 fully saturated rings. The third kappa shape index (κ3) is 7.28. The second-order valence-electron chi connectivity index (χ2n) is 6.96. The van der Waals surface area contributed by atoms with E-state index < -0.39 is 11.7 Å². The van der Waals surface area contributed by atoms with E-state index in [9.17, 15) is 13.2 Å². The van der Waals surface area contributed by atoms with E-state index in [1.165, 1.54) is 11.6 Å². The average Bonchev–Trinajstić information content (AvgIpc) is 2.65. The van der Waals surface area contributed by atoms with Gasteiger partial charge in [-0.15, -0.1) is 0 Å². The van der Waals surface area contributed by atoms with Gasteiger partial charge in [0, 0.05) is 38.3 Å². The van der Waals surface area contributed by atoms with Crippen molar-refractivity contribution >= 4 is 5.96 Å². The second kappa shape index (κ2) is 10.2. The van der Waals surface area contributed by atoms with E-state index in [0.29, 0.717) is 24.1 Å². The number of hydrogen-bond donors (Lipinski definition) is 2. The topological polar surface area (TPSA) is 39.7 Å². The Hall–Kier alpha value is -2.46. The molecule has 0 atom stereocenters. The molecule has 2 N–H and O–H groups in total. The van der Waals surface area contributed by atoms with Gasteiger partial charge in [-0.1, -0.05) is 30.1 Å². The van der Waals surface area contributed by atoms with E-state index in [-0.39, 0.29) is 0 Å². The Morgan fingerprint density at radius 2 is 2.04 bits per heavy atom. The zero-order valence-corrected chi connectivity index (χ0v) is 16.4. The number of nitrogens with zero attached hydrogens (tertiary/aromatic N) is 2. The average molecular weight is 392 g/mol. The molecule has 1 aromatic carbocycles. The van der Waals surface area contributed by atoms with Crippen molar-refractivity contribution in [1.29, 1.82) is 0 Å². The van der Waals surface area contributed by atoms with Crippen LogP contribution < -0.4 is 10.6 Å². The molecule has 0 aromatic heterocycles. The molecule has 2 rings (SSSR count). The lowest BCUT2D eigenvalue weighted by Gasteiger charge is -2.33. The van der Waals surface area contributed by atoms with Crippen LogP contribution in [0.2, 0.25) is 0 Å². The molecule has 0 spiro atoms. The van der Waals surface area contributed by atoms with Gasteiger partial charge in [0.15, 0.2) is 5.96 Å². The Morgan fingerprint density at radius 1 is 1.32 bits per heavy atom. The van der Waals surface area contributed by atoms with Crippen molar-refractivity contribution in [2.45, 2.75) is 32.0 Å². The highest BCUT2D eigenvalue weighted by Gasteiger charge is 2.30. The minimum Gasteiger partial charge on any atom is -0.354 e. The predicted molar refractivity (Wildman–Crippen MR) is 107 cm³/mol. The summed E-state index contributed by atoms with van der Waals surface area (Å²) in [6.07, 6.45) is -2.32. The number of alkyl halides is 3. The summed E-state index contributed by atoms with van der Waals surface area (Å²) in [6.45, 7) is 9.25. The Kier molecular flexibility index (Phi) is 7.94. The summed E-state index contributed by atoms with van der Waals surface area (Å²) >= 11 is 0. The maximum atomic E-state index is 12.7. The first kappa shape index (κ1) is 21.8. The van der Waals surface area contributed by atoms with E-state index in [1.807, 2.05) is 6.92 Å². The van der Waals surface area contributed by atoms with Crippen molar-refractivity contribution in [3.8, 4) is 11.8 Å². The van der Waals surface area contributed by atoms with Crippen LogP contribution in [0.1, 0.15) is 30.9 Å². The molecule has 1 heterocycles. The molecule has 0 amide bonds. The summed E-state index contributed by atoms with van der Waals surface area (Å²) in [5.41, 5.74) is 0.815. The van der Waals surface area contributed by atoms with Gasteiger partial charge in [0.25, 0.3) is 0 Å². The fourth-order valence-corrected chi connectivity index (χ4v) is 3.05. The summed E-state index contributed by atoms with van der Waals surface area (Å²) in [4.78, 5) is 6.58. The largest absolute Gasteiger partial charge is 0.416 e. The number of rotatable bonds is 4. The molecule has 0 bridgehead atoms. The van der Waals surface area contributed by atoms with Crippen molar-refractivity contribution in [3.63, 3.8) is 0 Å². The number of halogens is 3. The van der Waals surface area contributed by atoms with E-state index in [1.54, 1.807) is 13.1 Å². The Morgan fingerprint density at radius 3 is 2.64 bits per heavy atom. The molecule has 152 valence electrons. The lowest BCUT2D eigenvalue weighted by Crippen LogP contribution is -2.48. The molecule has 0 radical (unpaired) electrons. The molecule has 1 aliphatic heterocycles. The first-order chi connectivity index (χ1) is 13.3. The van der Waals surface area contributed by atoms with Crippen molar-refractivity contribution in [2.75, 3.05) is 33.2 Å². The van der Waals surface area contributed by atoms with Crippen molar-refractivity contribution in [1.82, 2.24) is 15.5 Å². The number of nitrogens with one attached hydrogen (secondary N) is 2. The third-order valence-corrected chi connectivity index (χ3v) is 4.41. The van der Waals surface area contributed by atoms with Crippen LogP contribution in [0.3, 0.4) is 0 Å². The summed E-state index contributed by atoms with van der Waals surface area (Å²) in [7, 11) is 1.69. The molecular weight excluding hydrogens is 365 g/mol. The fraction of sp³-hybridized carbons (Fsp3) is 0.476. The van der Waals surface area contributed by atoms with Gasteiger partial charge in [-0.3, -0.25) is 9.89 Å². The number of likely N-dealkylation sites (tertiary alicyclic amines) is 1. The lowest BCUT2D eigenvalue weighted by molar-refractivity contribution is -0.137. The van der Waals surface area contributed by atoms with Gasteiger partial charge in [0.05, 0.1) is 12.1 Å². The van der Waals surface area contributed by atoms with Gasteiger partial charge >= 0.3 is 6.18 Å². The molecule has 4 nitrogen and oxygen atoms in total.